The first-order valence-electron chi connectivity index (χ1n) is 24.4. The fourth-order valence-corrected chi connectivity index (χ4v) is 11.2. The number of hydrogen-bond donors (Lipinski definition) is 2. The molecule has 14 heteroatoms. The quantitative estimate of drug-likeness (QED) is 0.137. The molecule has 0 amide bonds. The number of halogens is 3. The van der Waals surface area contributed by atoms with Crippen molar-refractivity contribution in [3.05, 3.63) is 245 Å². The van der Waals surface area contributed by atoms with Gasteiger partial charge in [0.25, 0.3) is 0 Å². The van der Waals surface area contributed by atoms with E-state index >= 15 is 0 Å². The molecule has 0 aliphatic carbocycles. The molecule has 0 fully saturated rings. The van der Waals surface area contributed by atoms with Crippen molar-refractivity contribution < 1.29 is 0 Å². The molecule has 76 heavy (non-hydrogen) atoms. The van der Waals surface area contributed by atoms with Gasteiger partial charge in [0.15, 0.2) is 0 Å². The summed E-state index contributed by atoms with van der Waals surface area (Å²) in [5, 5.41) is 6.56. The Kier molecular flexibility index (Phi) is 12.3. The maximum Gasteiger partial charge on any atom is 0.0464 e. The van der Waals surface area contributed by atoms with E-state index in [1.807, 2.05) is 72.8 Å². The first kappa shape index (κ1) is 47.3. The zero-order chi connectivity index (χ0) is 51.4. The molecule has 16 aromatic rings. The Hall–Kier alpha value is -8.39. The van der Waals surface area contributed by atoms with Crippen LogP contribution < -0.4 is 0 Å². The first-order valence-corrected chi connectivity index (χ1v) is 26.3. The van der Waals surface area contributed by atoms with Gasteiger partial charge in [0.2, 0.25) is 11.6 Å². The number of benzene rings is 10. The second-order valence-corrected chi connectivity index (χ2v) is 20.1. The van der Waals surface area contributed by atoms with Crippen LogP contribution in [0.15, 0.2) is 239 Å². The zero-order valence-electron chi connectivity index (χ0n) is 40.2. The minimum absolute atomic E-state index is 0.716. The maximum atomic E-state index is 6.21. The smallest absolute Gasteiger partial charge is 0.0464 e. The molecule has 363 valence electrons. The van der Waals surface area contributed by atoms with Crippen molar-refractivity contribution in [3.8, 4) is 17.1 Å². The molecule has 0 unspecified atom stereocenters. The van der Waals surface area contributed by atoms with Gasteiger partial charge in [-0.25, -0.2) is 9.97 Å². The van der Waals surface area contributed by atoms with E-state index in [1.54, 1.807) is 0 Å². The van der Waals surface area contributed by atoms with Crippen LogP contribution in [0.3, 0.4) is 0 Å². The van der Waals surface area contributed by atoms with Crippen molar-refractivity contribution in [2.45, 2.75) is 0 Å². The van der Waals surface area contributed by atoms with E-state index < -0.39 is 0 Å². The van der Waals surface area contributed by atoms with Gasteiger partial charge in [0, 0.05) is 64.2 Å². The average molecular weight is 1100 g/mol. The van der Waals surface area contributed by atoms with Gasteiger partial charge in [-0.15, -0.1) is 0 Å². The summed E-state index contributed by atoms with van der Waals surface area (Å²) in [6.07, 6.45) is 0. The molecule has 0 saturated carbocycles. The number of aromatic nitrogens is 8. The van der Waals surface area contributed by atoms with Crippen molar-refractivity contribution in [3.63, 3.8) is 0 Å². The molecule has 0 aliphatic heterocycles. The Balaban J connectivity index is 0.000000118. The van der Waals surface area contributed by atoms with Crippen LogP contribution >= 0.6 is 51.9 Å². The van der Waals surface area contributed by atoms with Crippen molar-refractivity contribution in [2.75, 3.05) is 0 Å². The van der Waals surface area contributed by atoms with Crippen LogP contribution in [-0.2, 0) is 0 Å². The van der Waals surface area contributed by atoms with E-state index in [4.69, 9.17) is 33.2 Å². The predicted molar refractivity (Wildman–Crippen MR) is 324 cm³/mol. The number of para-hydroxylation sites is 8. The molecule has 10 aromatic carbocycles. The van der Waals surface area contributed by atoms with Gasteiger partial charge in [-0.3, -0.25) is 17.9 Å². The van der Waals surface area contributed by atoms with Gasteiger partial charge in [-0.05, 0) is 133 Å². The monoisotopic (exact) mass is 1100 g/mol. The summed E-state index contributed by atoms with van der Waals surface area (Å²) >= 11 is 19.0. The summed E-state index contributed by atoms with van der Waals surface area (Å²) in [6, 6.07) is 79.2. The molecule has 0 atom stereocenters. The second kappa shape index (κ2) is 19.7. The molecule has 1 radical (unpaired) electrons. The van der Waals surface area contributed by atoms with Gasteiger partial charge in [0.1, 0.15) is 0 Å². The number of aromatic amines is 1. The minimum Gasteiger partial charge on any atom is -0.355 e. The Morgan fingerprint density at radius 2 is 0.776 bits per heavy atom. The third-order valence-corrected chi connectivity index (χ3v) is 14.8. The van der Waals surface area contributed by atoms with Crippen LogP contribution in [-0.4, -0.2) is 45.1 Å². The molecule has 0 spiro atoms. The van der Waals surface area contributed by atoms with Gasteiger partial charge in [0.05, 0.1) is 55.2 Å². The van der Waals surface area contributed by atoms with E-state index in [1.165, 1.54) is 43.6 Å². The number of nitrogens with one attached hydrogen (secondary N) is 1. The molecule has 16 rings (SSSR count). The third-order valence-electron chi connectivity index (χ3n) is 13.8. The van der Waals surface area contributed by atoms with Crippen molar-refractivity contribution in [2.24, 2.45) is 4.30 Å². The Bertz CT molecular complexity index is 4750. The van der Waals surface area contributed by atoms with Crippen LogP contribution in [0.4, 0.5) is 0 Å². The average Bonchev–Trinajstić information content (AvgIpc) is 4.31. The van der Waals surface area contributed by atoms with Gasteiger partial charge >= 0.3 is 24.8 Å². The third kappa shape index (κ3) is 8.13. The molecule has 0 saturated heterocycles. The van der Waals surface area contributed by atoms with E-state index in [0.717, 1.165) is 82.2 Å². The maximum absolute atomic E-state index is 6.21. The van der Waals surface area contributed by atoms with Crippen LogP contribution in [0.5, 0.6) is 0 Å². The number of imidazole rings is 4. The first-order chi connectivity index (χ1) is 37.4. The Morgan fingerprint density at radius 3 is 1.26 bits per heavy atom. The topological polar surface area (TPSA) is 77.5 Å². The standard InChI is InChI=1S/C31H19ClN4.C19H11BrClN3.C12H9N.BHNS/c32-20-13-15-21(16-14-20)35-29-18-17-22(19-30(29)36-28-12-6-3-9-25(28)33-31(35)36)34-26-10-4-1-7-23(26)24-8-2-5-11-27(24)34;20-12-5-10-17-18(11-12)24-16-4-2-1-3-15(16)22-19(24)23(17)14-8-6-13(21)7-9-14;1-3-7-11-9(5-1)10-6-2-4-8-12(10)13-11;1-2-3/h1-19H;1-11H;1-8,13H;3H. The number of hydrogen-bond acceptors (Lipinski definition) is 4. The number of nitrogens with zero attached hydrogens (tertiary/aromatic N) is 8. The van der Waals surface area contributed by atoms with Gasteiger partial charge in [-0.1, -0.05) is 136 Å². The molecule has 0 bridgehead atoms. The van der Waals surface area contributed by atoms with E-state index in [2.05, 4.69) is 226 Å². The molecule has 6 heterocycles. The molecule has 6 aromatic heterocycles. The van der Waals surface area contributed by atoms with Gasteiger partial charge < -0.3 is 9.55 Å². The summed E-state index contributed by atoms with van der Waals surface area (Å²) < 4.78 is 14.9. The van der Waals surface area contributed by atoms with Crippen molar-refractivity contribution in [1.29, 1.82) is 0 Å². The second-order valence-electron chi connectivity index (χ2n) is 18.1. The fraction of sp³-hybridized carbons (Fsp3) is 0. The summed E-state index contributed by atoms with van der Waals surface area (Å²) in [5.41, 5.74) is 16.6. The van der Waals surface area contributed by atoms with Crippen molar-refractivity contribution >= 4 is 159 Å². The van der Waals surface area contributed by atoms with E-state index in [9.17, 15) is 0 Å². The summed E-state index contributed by atoms with van der Waals surface area (Å²) in [7, 11) is 4.34. The van der Waals surface area contributed by atoms with E-state index in [-0.39, 0.29) is 0 Å². The molecular formula is C62H40BBrCl2N9S. The normalized spacial score (nSPS) is 11.5. The molecule has 9 nitrogen and oxygen atoms in total. The largest absolute Gasteiger partial charge is 0.355 e. The number of rotatable bonds is 3. The summed E-state index contributed by atoms with van der Waals surface area (Å²) in [5.74, 6) is 1.78. The SMILES string of the molecule is Clc1ccc(-n2c3ccc(-n4c5ccccc5c5ccccc54)cc3n3c4ccccc4nc23)cc1.Clc1ccc(-n2c3ccc(Br)cc3n3c4ccccc4nc23)cc1.[B]=NS.c1ccc2c(c1)[nH]c1ccccc12. The Labute approximate surface area is 459 Å². The number of thiol groups is 1. The van der Waals surface area contributed by atoms with Crippen molar-refractivity contribution in [1.82, 2.24) is 37.5 Å². The van der Waals surface area contributed by atoms with Crippen LogP contribution in [0.2, 0.25) is 10.0 Å². The fourth-order valence-electron chi connectivity index (χ4n) is 10.6. The summed E-state index contributed by atoms with van der Waals surface area (Å²) in [6.45, 7) is 0. The number of H-pyrrole nitrogens is 1. The molecule has 0 aliphatic rings. The summed E-state index contributed by atoms with van der Waals surface area (Å²) in [4.78, 5) is 13.3. The van der Waals surface area contributed by atoms with Crippen LogP contribution in [0.25, 0.3) is 116 Å². The number of fused-ring (bicyclic) bond motifs is 16. The van der Waals surface area contributed by atoms with Gasteiger partial charge in [-0.2, -0.15) is 0 Å². The zero-order valence-corrected chi connectivity index (χ0v) is 44.2. The molecular weight excluding hydrogens is 1060 g/mol. The molecule has 1 N–H and O–H groups in total. The van der Waals surface area contributed by atoms with Crippen LogP contribution in [0.1, 0.15) is 0 Å². The van der Waals surface area contributed by atoms with Crippen LogP contribution in [0, 0.1) is 0 Å². The minimum atomic E-state index is 0.716. The Morgan fingerprint density at radius 1 is 0.395 bits per heavy atom. The predicted octanol–water partition coefficient (Wildman–Crippen LogP) is 17.5. The van der Waals surface area contributed by atoms with E-state index in [0.29, 0.717) is 5.02 Å².